The zero-order valence-electron chi connectivity index (χ0n) is 19.4. The maximum absolute atomic E-state index is 13.3. The summed E-state index contributed by atoms with van der Waals surface area (Å²) in [7, 11) is 1.28. The lowest BCUT2D eigenvalue weighted by Crippen LogP contribution is -2.22. The van der Waals surface area contributed by atoms with Gasteiger partial charge in [-0.3, -0.25) is 14.2 Å². The highest BCUT2D eigenvalue weighted by atomic mass is 32.1. The van der Waals surface area contributed by atoms with Crippen molar-refractivity contribution in [1.29, 1.82) is 0 Å². The molecule has 0 aliphatic rings. The van der Waals surface area contributed by atoms with Crippen molar-refractivity contribution in [2.45, 2.75) is 13.8 Å². The molecule has 0 aliphatic carbocycles. The summed E-state index contributed by atoms with van der Waals surface area (Å²) in [5.41, 5.74) is 3.86. The summed E-state index contributed by atoms with van der Waals surface area (Å²) in [4.78, 5) is 40.3. The molecule has 0 atom stereocenters. The van der Waals surface area contributed by atoms with Gasteiger partial charge in [-0.1, -0.05) is 12.1 Å². The lowest BCUT2D eigenvalue weighted by atomic mass is 10.1. The molecule has 4 aromatic rings. The van der Waals surface area contributed by atoms with E-state index in [1.165, 1.54) is 11.7 Å². The molecule has 0 fully saturated rings. The number of rotatable bonds is 6. The molecule has 0 unspecified atom stereocenters. The van der Waals surface area contributed by atoms with E-state index in [0.29, 0.717) is 27.9 Å². The highest BCUT2D eigenvalue weighted by Crippen LogP contribution is 2.20. The first kappa shape index (κ1) is 23.9. The lowest BCUT2D eigenvalue weighted by molar-refractivity contribution is -0.142. The number of anilines is 1. The first-order valence-corrected chi connectivity index (χ1v) is 11.2. The average Bonchev–Trinajstić information content (AvgIpc) is 2.85. The van der Waals surface area contributed by atoms with Crippen molar-refractivity contribution >= 4 is 40.7 Å². The fraction of sp³-hybridized carbons (Fsp3) is 0.154. The molecule has 1 heterocycles. The van der Waals surface area contributed by atoms with Crippen LogP contribution in [-0.2, 0) is 9.53 Å². The van der Waals surface area contributed by atoms with E-state index in [1.807, 2.05) is 32.0 Å². The van der Waals surface area contributed by atoms with E-state index in [9.17, 15) is 14.4 Å². The van der Waals surface area contributed by atoms with Crippen LogP contribution in [0.3, 0.4) is 0 Å². The van der Waals surface area contributed by atoms with E-state index in [2.05, 4.69) is 15.0 Å². The van der Waals surface area contributed by atoms with Gasteiger partial charge in [-0.25, -0.2) is 4.79 Å². The van der Waals surface area contributed by atoms with Crippen LogP contribution >= 0.6 is 12.2 Å². The van der Waals surface area contributed by atoms with Crippen LogP contribution in [0.1, 0.15) is 21.5 Å². The van der Waals surface area contributed by atoms with Crippen LogP contribution in [0.4, 0.5) is 5.69 Å². The van der Waals surface area contributed by atoms with Gasteiger partial charge in [-0.15, -0.1) is 0 Å². The number of esters is 1. The minimum atomic E-state index is -0.488. The van der Waals surface area contributed by atoms with E-state index >= 15 is 0 Å². The van der Waals surface area contributed by atoms with Crippen LogP contribution in [0.15, 0.2) is 65.5 Å². The van der Waals surface area contributed by atoms with Gasteiger partial charge in [0.1, 0.15) is 5.75 Å². The number of H-pyrrole nitrogens is 1. The van der Waals surface area contributed by atoms with Gasteiger partial charge in [0.05, 0.1) is 23.7 Å². The Morgan fingerprint density at radius 1 is 1.06 bits per heavy atom. The van der Waals surface area contributed by atoms with Crippen molar-refractivity contribution in [3.8, 4) is 11.4 Å². The van der Waals surface area contributed by atoms with Gasteiger partial charge in [-0.05, 0) is 85.7 Å². The molecule has 1 amide bonds. The number of hydrogen-bond acceptors (Lipinski definition) is 6. The number of carbonyl (C=O) groups is 2. The summed E-state index contributed by atoms with van der Waals surface area (Å²) in [5.74, 6) is -0.376. The Morgan fingerprint density at radius 2 is 1.80 bits per heavy atom. The van der Waals surface area contributed by atoms with Gasteiger partial charge in [0.2, 0.25) is 0 Å². The predicted molar refractivity (Wildman–Crippen MR) is 136 cm³/mol. The van der Waals surface area contributed by atoms with Crippen LogP contribution in [0.5, 0.6) is 5.75 Å². The molecule has 3 aromatic carbocycles. The molecule has 0 aliphatic heterocycles. The molecule has 9 heteroatoms. The quantitative estimate of drug-likeness (QED) is 0.306. The van der Waals surface area contributed by atoms with Crippen molar-refractivity contribution in [2.75, 3.05) is 19.0 Å². The van der Waals surface area contributed by atoms with E-state index in [4.69, 9.17) is 17.0 Å². The Kier molecular flexibility index (Phi) is 6.79. The predicted octanol–water partition coefficient (Wildman–Crippen LogP) is 4.47. The fourth-order valence-corrected chi connectivity index (χ4v) is 3.89. The van der Waals surface area contributed by atoms with E-state index < -0.39 is 5.97 Å². The van der Waals surface area contributed by atoms with Gasteiger partial charge in [0.25, 0.3) is 11.5 Å². The molecule has 0 saturated carbocycles. The third kappa shape index (κ3) is 4.99. The second-order valence-electron chi connectivity index (χ2n) is 7.89. The maximum atomic E-state index is 13.3. The van der Waals surface area contributed by atoms with Crippen molar-refractivity contribution in [1.82, 2.24) is 9.55 Å². The van der Waals surface area contributed by atoms with E-state index in [-0.39, 0.29) is 22.8 Å². The second kappa shape index (κ2) is 9.94. The average molecular weight is 490 g/mol. The van der Waals surface area contributed by atoms with Gasteiger partial charge >= 0.3 is 5.97 Å². The summed E-state index contributed by atoms with van der Waals surface area (Å²) in [6.07, 6.45) is 0. The molecule has 4 rings (SSSR count). The maximum Gasteiger partial charge on any atom is 0.343 e. The Bertz CT molecular complexity index is 1550. The molecule has 35 heavy (non-hydrogen) atoms. The van der Waals surface area contributed by atoms with Gasteiger partial charge in [-0.2, -0.15) is 0 Å². The highest BCUT2D eigenvalue weighted by Gasteiger charge is 2.13. The summed E-state index contributed by atoms with van der Waals surface area (Å²) in [6.45, 7) is 3.72. The van der Waals surface area contributed by atoms with Crippen LogP contribution in [0, 0.1) is 18.6 Å². The first-order valence-electron chi connectivity index (χ1n) is 10.7. The van der Waals surface area contributed by atoms with Crippen LogP contribution in [0.25, 0.3) is 16.6 Å². The lowest BCUT2D eigenvalue weighted by Gasteiger charge is -2.13. The molecule has 2 N–H and O–H groups in total. The summed E-state index contributed by atoms with van der Waals surface area (Å²) < 4.78 is 11.5. The second-order valence-corrected chi connectivity index (χ2v) is 8.28. The molecular formula is C26H23N3O5S. The topological polar surface area (TPSA) is 102 Å². The Morgan fingerprint density at radius 3 is 2.51 bits per heavy atom. The SMILES string of the molecule is COC(=O)COc1ccc(NC(=O)c2ccc3c(=O)n(-c4cccc(C)c4C)c(=S)[nH]c3c2)cc1. The van der Waals surface area contributed by atoms with Gasteiger partial charge < -0.3 is 19.8 Å². The number of aromatic amines is 1. The molecule has 0 radical (unpaired) electrons. The number of aryl methyl sites for hydroxylation is 1. The number of nitrogens with zero attached hydrogens (tertiary/aromatic N) is 1. The van der Waals surface area contributed by atoms with Crippen LogP contribution < -0.4 is 15.6 Å². The first-order chi connectivity index (χ1) is 16.8. The zero-order valence-corrected chi connectivity index (χ0v) is 20.2. The molecule has 0 bridgehead atoms. The Labute approximate surface area is 206 Å². The number of carbonyl (C=O) groups excluding carboxylic acids is 2. The van der Waals surface area contributed by atoms with Crippen molar-refractivity contribution < 1.29 is 19.1 Å². The summed E-state index contributed by atoms with van der Waals surface area (Å²) in [6, 6.07) is 17.1. The fourth-order valence-electron chi connectivity index (χ4n) is 3.59. The minimum Gasteiger partial charge on any atom is -0.482 e. The molecule has 0 saturated heterocycles. The van der Waals surface area contributed by atoms with Crippen LogP contribution in [0.2, 0.25) is 0 Å². The summed E-state index contributed by atoms with van der Waals surface area (Å²) in [5, 5.41) is 3.22. The van der Waals surface area contributed by atoms with Crippen LogP contribution in [-0.4, -0.2) is 35.1 Å². The number of methoxy groups -OCH3 is 1. The number of hydrogen-bond donors (Lipinski definition) is 2. The number of aromatic nitrogens is 2. The smallest absolute Gasteiger partial charge is 0.343 e. The van der Waals surface area contributed by atoms with E-state index in [1.54, 1.807) is 42.5 Å². The highest BCUT2D eigenvalue weighted by molar-refractivity contribution is 7.71. The third-order valence-electron chi connectivity index (χ3n) is 5.67. The Balaban J connectivity index is 1.59. The largest absolute Gasteiger partial charge is 0.482 e. The number of nitrogens with one attached hydrogen (secondary N) is 2. The number of ether oxygens (including phenoxy) is 2. The normalized spacial score (nSPS) is 10.7. The van der Waals surface area contributed by atoms with Gasteiger partial charge in [0, 0.05) is 11.3 Å². The molecule has 1 aromatic heterocycles. The molecule has 0 spiro atoms. The number of benzene rings is 3. The molecule has 178 valence electrons. The van der Waals surface area contributed by atoms with Crippen molar-refractivity contribution in [2.24, 2.45) is 0 Å². The zero-order chi connectivity index (χ0) is 25.1. The van der Waals surface area contributed by atoms with Crippen molar-refractivity contribution in [3.05, 3.63) is 92.5 Å². The van der Waals surface area contributed by atoms with Gasteiger partial charge in [0.15, 0.2) is 11.4 Å². The monoisotopic (exact) mass is 489 g/mol. The molecule has 8 nitrogen and oxygen atoms in total. The number of amides is 1. The van der Waals surface area contributed by atoms with Crippen molar-refractivity contribution in [3.63, 3.8) is 0 Å². The standard InChI is InChI=1S/C26H23N3O5S/c1-15-5-4-6-22(16(15)2)29-25(32)20-12-7-17(13-21(20)28-26(29)35)24(31)27-18-8-10-19(11-9-18)34-14-23(30)33-3/h4-13H,14H2,1-3H3,(H,27,31)(H,28,35). The van der Waals surface area contributed by atoms with E-state index in [0.717, 1.165) is 16.8 Å². The minimum absolute atomic E-state index is 0.203. The third-order valence-corrected chi connectivity index (χ3v) is 5.96. The summed E-state index contributed by atoms with van der Waals surface area (Å²) >= 11 is 5.49. The number of fused-ring (bicyclic) bond motifs is 1. The Hall–Kier alpha value is -4.24. The molecular weight excluding hydrogens is 466 g/mol.